The minimum Gasteiger partial charge on any atom is -0.493 e. The van der Waals surface area contributed by atoms with Gasteiger partial charge in [-0.05, 0) is 54.4 Å². The van der Waals surface area contributed by atoms with Gasteiger partial charge in [0.25, 0.3) is 0 Å². The molecule has 2 aromatic rings. The number of hydrogen-bond donors (Lipinski definition) is 0. The summed E-state index contributed by atoms with van der Waals surface area (Å²) in [5, 5.41) is 0. The Bertz CT molecular complexity index is 823. The van der Waals surface area contributed by atoms with Crippen molar-refractivity contribution >= 4 is 0 Å². The van der Waals surface area contributed by atoms with Gasteiger partial charge in [-0.2, -0.15) is 0 Å². The van der Waals surface area contributed by atoms with Gasteiger partial charge in [-0.25, -0.2) is 0 Å². The van der Waals surface area contributed by atoms with Crippen molar-refractivity contribution in [1.82, 2.24) is 0 Å². The van der Waals surface area contributed by atoms with Crippen LogP contribution in [-0.2, 0) is 22.5 Å². The van der Waals surface area contributed by atoms with Crippen LogP contribution < -0.4 is 9.47 Å². The number of methoxy groups -OCH3 is 2. The first kappa shape index (κ1) is 30.2. The van der Waals surface area contributed by atoms with Gasteiger partial charge in [0.1, 0.15) is 0 Å². The van der Waals surface area contributed by atoms with E-state index < -0.39 is 0 Å². The minimum atomic E-state index is -0.0708. The summed E-state index contributed by atoms with van der Waals surface area (Å²) in [7, 11) is 3.41. The summed E-state index contributed by atoms with van der Waals surface area (Å²) in [6, 6.07) is 16.9. The molecule has 0 spiro atoms. The van der Waals surface area contributed by atoms with Gasteiger partial charge in [-0.1, -0.05) is 89.8 Å². The van der Waals surface area contributed by atoms with Crippen LogP contribution in [0.15, 0.2) is 48.5 Å². The fourth-order valence-corrected chi connectivity index (χ4v) is 5.08. The maximum atomic E-state index is 6.67. The Labute approximate surface area is 220 Å². The molecular formula is C32H50O4. The summed E-state index contributed by atoms with van der Waals surface area (Å²) < 4.78 is 23.2. The van der Waals surface area contributed by atoms with E-state index in [2.05, 4.69) is 70.2 Å². The predicted molar refractivity (Wildman–Crippen MR) is 150 cm³/mol. The van der Waals surface area contributed by atoms with Gasteiger partial charge >= 0.3 is 0 Å². The molecule has 0 aromatic heterocycles. The van der Waals surface area contributed by atoms with Crippen LogP contribution in [0.25, 0.3) is 0 Å². The molecule has 0 saturated carbocycles. The van der Waals surface area contributed by atoms with Crippen molar-refractivity contribution in [1.29, 1.82) is 0 Å². The molecule has 0 bridgehead atoms. The van der Waals surface area contributed by atoms with Gasteiger partial charge < -0.3 is 18.9 Å². The van der Waals surface area contributed by atoms with Gasteiger partial charge in [0, 0.05) is 20.1 Å². The Morgan fingerprint density at radius 1 is 0.694 bits per heavy atom. The van der Waals surface area contributed by atoms with Gasteiger partial charge in [0.15, 0.2) is 11.5 Å². The number of unbranched alkanes of at least 4 members (excludes halogenated alkanes) is 4. The maximum absolute atomic E-state index is 6.67. The Hall–Kier alpha value is -2.04. The van der Waals surface area contributed by atoms with Crippen molar-refractivity contribution < 1.29 is 18.9 Å². The summed E-state index contributed by atoms with van der Waals surface area (Å²) >= 11 is 0. The first-order chi connectivity index (χ1) is 17.4. The van der Waals surface area contributed by atoms with E-state index in [1.165, 1.54) is 43.2 Å². The molecule has 202 valence electrons. The Balaban J connectivity index is 1.76. The molecule has 0 amide bonds. The fraction of sp³-hybridized carbons (Fsp3) is 0.625. The van der Waals surface area contributed by atoms with Crippen molar-refractivity contribution in [3.05, 3.63) is 59.7 Å². The topological polar surface area (TPSA) is 36.9 Å². The average Bonchev–Trinajstić information content (AvgIpc) is 2.88. The van der Waals surface area contributed by atoms with Crippen molar-refractivity contribution in [2.75, 3.05) is 27.4 Å². The summed E-state index contributed by atoms with van der Waals surface area (Å²) in [5.41, 5.74) is 2.49. The van der Waals surface area contributed by atoms with E-state index in [1.54, 1.807) is 14.2 Å². The first-order valence-electron chi connectivity index (χ1n) is 13.9. The van der Waals surface area contributed by atoms with Crippen molar-refractivity contribution in [3.8, 4) is 11.5 Å². The summed E-state index contributed by atoms with van der Waals surface area (Å²) in [6.07, 6.45) is 9.24. The lowest BCUT2D eigenvalue weighted by Crippen LogP contribution is -2.43. The van der Waals surface area contributed by atoms with Crippen LogP contribution in [0.3, 0.4) is 0 Å². The summed E-state index contributed by atoms with van der Waals surface area (Å²) in [6.45, 7) is 11.3. The standard InChI is InChI=1S/C32H50O4/c1-26(2)32(27(3)4,36-25-29-17-12-10-13-18-29)21-14-9-7-8-11-16-28-19-20-30(34-6)31(24-28)35-23-15-22-33-5/h10,12-13,17-20,24,26-27H,7-9,11,14-16,21-23,25H2,1-6H3. The van der Waals surface area contributed by atoms with Crippen LogP contribution in [0.2, 0.25) is 0 Å². The molecular weight excluding hydrogens is 448 g/mol. The van der Waals surface area contributed by atoms with Crippen LogP contribution >= 0.6 is 0 Å². The molecule has 0 heterocycles. The van der Waals surface area contributed by atoms with E-state index >= 15 is 0 Å². The van der Waals surface area contributed by atoms with Crippen molar-refractivity contribution in [3.63, 3.8) is 0 Å². The van der Waals surface area contributed by atoms with Crippen LogP contribution in [0.1, 0.15) is 83.8 Å². The van der Waals surface area contributed by atoms with Gasteiger partial charge in [0.05, 0.1) is 25.9 Å². The van der Waals surface area contributed by atoms with Crippen LogP contribution in [-0.4, -0.2) is 33.0 Å². The minimum absolute atomic E-state index is 0.0708. The molecule has 0 aliphatic rings. The van der Waals surface area contributed by atoms with Gasteiger partial charge in [-0.3, -0.25) is 0 Å². The quantitative estimate of drug-likeness (QED) is 0.183. The highest BCUT2D eigenvalue weighted by Crippen LogP contribution is 2.37. The second-order valence-electron chi connectivity index (χ2n) is 10.5. The zero-order valence-corrected chi connectivity index (χ0v) is 23.7. The van der Waals surface area contributed by atoms with E-state index in [0.717, 1.165) is 30.8 Å². The van der Waals surface area contributed by atoms with Crippen molar-refractivity contribution in [2.45, 2.75) is 91.3 Å². The third-order valence-electron chi connectivity index (χ3n) is 7.32. The second kappa shape index (κ2) is 16.7. The molecule has 4 heteroatoms. The van der Waals surface area contributed by atoms with E-state index in [4.69, 9.17) is 18.9 Å². The molecule has 0 fully saturated rings. The highest BCUT2D eigenvalue weighted by molar-refractivity contribution is 5.43. The lowest BCUT2D eigenvalue weighted by molar-refractivity contribution is -0.126. The molecule has 0 aliphatic carbocycles. The van der Waals surface area contributed by atoms with Crippen LogP contribution in [0.5, 0.6) is 11.5 Å². The number of rotatable bonds is 19. The summed E-state index contributed by atoms with van der Waals surface area (Å²) in [4.78, 5) is 0. The molecule has 0 radical (unpaired) electrons. The monoisotopic (exact) mass is 498 g/mol. The number of aryl methyl sites for hydroxylation is 1. The first-order valence-corrected chi connectivity index (χ1v) is 13.9. The van der Waals surface area contributed by atoms with Crippen LogP contribution in [0, 0.1) is 11.8 Å². The second-order valence-corrected chi connectivity index (χ2v) is 10.5. The van der Waals surface area contributed by atoms with Crippen LogP contribution in [0.4, 0.5) is 0 Å². The van der Waals surface area contributed by atoms with Crippen molar-refractivity contribution in [2.24, 2.45) is 11.8 Å². The third-order valence-corrected chi connectivity index (χ3v) is 7.32. The fourth-order valence-electron chi connectivity index (χ4n) is 5.08. The SMILES string of the molecule is COCCCOc1cc(CCCCCCCC(OCc2ccccc2)(C(C)C)C(C)C)ccc1OC. The molecule has 0 unspecified atom stereocenters. The van der Waals surface area contributed by atoms with Gasteiger partial charge in [-0.15, -0.1) is 0 Å². The smallest absolute Gasteiger partial charge is 0.161 e. The Morgan fingerprint density at radius 2 is 1.39 bits per heavy atom. The molecule has 0 N–H and O–H groups in total. The number of ether oxygens (including phenoxy) is 4. The molecule has 0 aliphatic heterocycles. The van der Waals surface area contributed by atoms with Gasteiger partial charge in [0.2, 0.25) is 0 Å². The number of benzene rings is 2. The molecule has 4 nitrogen and oxygen atoms in total. The molecule has 0 atom stereocenters. The Kier molecular flexibility index (Phi) is 14.0. The highest BCUT2D eigenvalue weighted by Gasteiger charge is 2.37. The zero-order chi connectivity index (χ0) is 26.2. The van der Waals surface area contributed by atoms with E-state index in [0.29, 0.717) is 31.7 Å². The third kappa shape index (κ3) is 9.78. The maximum Gasteiger partial charge on any atom is 0.161 e. The normalized spacial score (nSPS) is 11.9. The van der Waals surface area contributed by atoms with E-state index in [1.807, 2.05) is 6.07 Å². The molecule has 2 rings (SSSR count). The lowest BCUT2D eigenvalue weighted by Gasteiger charge is -2.42. The largest absolute Gasteiger partial charge is 0.493 e. The van der Waals surface area contributed by atoms with E-state index in [-0.39, 0.29) is 5.60 Å². The zero-order valence-electron chi connectivity index (χ0n) is 23.7. The number of hydrogen-bond acceptors (Lipinski definition) is 4. The van der Waals surface area contributed by atoms with E-state index in [9.17, 15) is 0 Å². The molecule has 2 aromatic carbocycles. The predicted octanol–water partition coefficient (Wildman–Crippen LogP) is 8.26. The highest BCUT2D eigenvalue weighted by atomic mass is 16.5. The molecule has 0 saturated heterocycles. The Morgan fingerprint density at radius 3 is 2.06 bits per heavy atom. The molecule has 36 heavy (non-hydrogen) atoms. The average molecular weight is 499 g/mol. The lowest BCUT2D eigenvalue weighted by atomic mass is 9.76. The summed E-state index contributed by atoms with van der Waals surface area (Å²) in [5.74, 6) is 2.61.